The zero-order chi connectivity index (χ0) is 15.3. The van der Waals surface area contributed by atoms with Crippen molar-refractivity contribution in [3.8, 4) is 12.3 Å². The molecule has 5 nitrogen and oxygen atoms in total. The van der Waals surface area contributed by atoms with Crippen LogP contribution in [-0.4, -0.2) is 36.4 Å². The number of nitrogens with zero attached hydrogens (tertiary/aromatic N) is 3. The zero-order valence-corrected chi connectivity index (χ0v) is 12.7. The predicted octanol–water partition coefficient (Wildman–Crippen LogP) is 2.14. The molecule has 1 atom stereocenters. The molecule has 0 saturated carbocycles. The molecule has 20 heavy (non-hydrogen) atoms. The largest absolute Gasteiger partial charge is 0.456 e. The van der Waals surface area contributed by atoms with Gasteiger partial charge in [-0.05, 0) is 17.5 Å². The fraction of sp³-hybridized carbons (Fsp3) is 0.533. The summed E-state index contributed by atoms with van der Waals surface area (Å²) in [5, 5.41) is 7.83. The summed E-state index contributed by atoms with van der Waals surface area (Å²) < 4.78 is 5.44. The predicted molar refractivity (Wildman–Crippen MR) is 78.5 cm³/mol. The zero-order valence-electron chi connectivity index (χ0n) is 12.7. The molecule has 0 fully saturated rings. The number of aromatic nitrogens is 2. The van der Waals surface area contributed by atoms with Crippen LogP contribution in [0.15, 0.2) is 12.1 Å². The lowest BCUT2D eigenvalue weighted by molar-refractivity contribution is -0.00124. The highest BCUT2D eigenvalue weighted by atomic mass is 16.5. The smallest absolute Gasteiger partial charge is 0.359 e. The average Bonchev–Trinajstić information content (AvgIpc) is 2.37. The minimum atomic E-state index is -0.502. The van der Waals surface area contributed by atoms with Crippen molar-refractivity contribution in [1.82, 2.24) is 10.2 Å². The van der Waals surface area contributed by atoms with Gasteiger partial charge < -0.3 is 9.64 Å². The number of esters is 1. The first-order valence-corrected chi connectivity index (χ1v) is 6.41. The van der Waals surface area contributed by atoms with E-state index < -0.39 is 5.97 Å². The number of rotatable bonds is 4. The number of hydrogen-bond donors (Lipinski definition) is 0. The molecule has 0 aliphatic heterocycles. The van der Waals surface area contributed by atoms with Crippen molar-refractivity contribution in [2.75, 3.05) is 19.0 Å². The first-order chi connectivity index (χ1) is 9.25. The number of carbonyl (C=O) groups is 1. The van der Waals surface area contributed by atoms with Crippen molar-refractivity contribution in [3.05, 3.63) is 17.8 Å². The maximum Gasteiger partial charge on any atom is 0.359 e. The van der Waals surface area contributed by atoms with Crippen LogP contribution in [0.5, 0.6) is 0 Å². The third-order valence-electron chi connectivity index (χ3n) is 2.84. The maximum absolute atomic E-state index is 12.1. The van der Waals surface area contributed by atoms with Crippen LogP contribution in [0.25, 0.3) is 0 Å². The Balaban J connectivity index is 2.82. The van der Waals surface area contributed by atoms with E-state index in [0.717, 1.165) is 0 Å². The summed E-state index contributed by atoms with van der Waals surface area (Å²) in [4.78, 5) is 13.9. The second kappa shape index (κ2) is 6.38. The van der Waals surface area contributed by atoms with Gasteiger partial charge in [-0.1, -0.05) is 20.8 Å². The Bertz CT molecular complexity index is 495. The van der Waals surface area contributed by atoms with Crippen LogP contribution in [-0.2, 0) is 4.74 Å². The summed E-state index contributed by atoms with van der Waals surface area (Å²) in [6.45, 7) is 5.93. The van der Waals surface area contributed by atoms with E-state index in [-0.39, 0.29) is 17.2 Å². The lowest BCUT2D eigenvalue weighted by Gasteiger charge is -2.28. The van der Waals surface area contributed by atoms with Crippen LogP contribution >= 0.6 is 0 Å². The molecule has 1 rings (SSSR count). The lowest BCUT2D eigenvalue weighted by atomic mass is 9.87. The van der Waals surface area contributed by atoms with E-state index in [9.17, 15) is 4.79 Å². The van der Waals surface area contributed by atoms with Gasteiger partial charge in [0.2, 0.25) is 0 Å². The highest BCUT2D eigenvalue weighted by molar-refractivity contribution is 5.87. The highest BCUT2D eigenvalue weighted by Crippen LogP contribution is 2.25. The molecule has 1 aromatic heterocycles. The van der Waals surface area contributed by atoms with Gasteiger partial charge in [-0.3, -0.25) is 0 Å². The van der Waals surface area contributed by atoms with Gasteiger partial charge in [-0.2, -0.15) is 0 Å². The Hall–Kier alpha value is -2.09. The van der Waals surface area contributed by atoms with Crippen molar-refractivity contribution in [3.63, 3.8) is 0 Å². The van der Waals surface area contributed by atoms with Crippen molar-refractivity contribution in [2.24, 2.45) is 5.41 Å². The SMILES string of the molecule is C#CC[C@@H](OC(=O)c1ccc(N(C)C)nn1)C(C)(C)C. The highest BCUT2D eigenvalue weighted by Gasteiger charge is 2.28. The van der Waals surface area contributed by atoms with Gasteiger partial charge in [0.1, 0.15) is 6.10 Å². The molecule has 0 saturated heterocycles. The Kier molecular flexibility index (Phi) is 5.09. The van der Waals surface area contributed by atoms with E-state index in [1.165, 1.54) is 0 Å². The second-order valence-electron chi connectivity index (χ2n) is 5.84. The minimum Gasteiger partial charge on any atom is -0.456 e. The standard InChI is InChI=1S/C15H21N3O2/c1-7-8-12(15(2,3)4)20-14(19)11-9-10-13(17-16-11)18(5)6/h1,9-10,12H,8H2,2-6H3/t12-/m1/s1. The van der Waals surface area contributed by atoms with Crippen LogP contribution in [0, 0.1) is 17.8 Å². The molecule has 0 aliphatic carbocycles. The van der Waals surface area contributed by atoms with Gasteiger partial charge >= 0.3 is 5.97 Å². The molecule has 108 valence electrons. The third kappa shape index (κ3) is 4.23. The fourth-order valence-corrected chi connectivity index (χ4v) is 1.49. The molecule has 0 bridgehead atoms. The Labute approximate surface area is 120 Å². The molecule has 0 unspecified atom stereocenters. The van der Waals surface area contributed by atoms with Gasteiger partial charge in [0.25, 0.3) is 0 Å². The number of anilines is 1. The van der Waals surface area contributed by atoms with E-state index >= 15 is 0 Å². The van der Waals surface area contributed by atoms with E-state index in [2.05, 4.69) is 16.1 Å². The summed E-state index contributed by atoms with van der Waals surface area (Å²) in [7, 11) is 3.70. The van der Waals surface area contributed by atoms with Crippen LogP contribution in [0.4, 0.5) is 5.82 Å². The fourth-order valence-electron chi connectivity index (χ4n) is 1.49. The summed E-state index contributed by atoms with van der Waals surface area (Å²) in [6.07, 6.45) is 5.34. The monoisotopic (exact) mass is 275 g/mol. The van der Waals surface area contributed by atoms with E-state index in [4.69, 9.17) is 11.2 Å². The average molecular weight is 275 g/mol. The molecule has 0 aliphatic rings. The van der Waals surface area contributed by atoms with E-state index in [1.54, 1.807) is 17.0 Å². The van der Waals surface area contributed by atoms with Crippen molar-refractivity contribution < 1.29 is 9.53 Å². The number of ether oxygens (including phenoxy) is 1. The van der Waals surface area contributed by atoms with E-state index in [0.29, 0.717) is 12.2 Å². The molecule has 0 N–H and O–H groups in total. The van der Waals surface area contributed by atoms with Crippen LogP contribution < -0.4 is 4.90 Å². The van der Waals surface area contributed by atoms with E-state index in [1.807, 2.05) is 34.9 Å². The van der Waals surface area contributed by atoms with Gasteiger partial charge in [-0.25, -0.2) is 4.79 Å². The van der Waals surface area contributed by atoms with Crippen LogP contribution in [0.3, 0.4) is 0 Å². The molecular weight excluding hydrogens is 254 g/mol. The molecule has 5 heteroatoms. The molecular formula is C15H21N3O2. The molecule has 0 aromatic carbocycles. The summed E-state index contributed by atoms with van der Waals surface area (Å²) in [5.41, 5.74) is -0.0409. The molecule has 0 amide bonds. The quantitative estimate of drug-likeness (QED) is 0.622. The van der Waals surface area contributed by atoms with Crippen LogP contribution in [0.1, 0.15) is 37.7 Å². The van der Waals surface area contributed by atoms with Gasteiger partial charge in [0.15, 0.2) is 11.5 Å². The first kappa shape index (κ1) is 16.0. The van der Waals surface area contributed by atoms with Crippen LogP contribution in [0.2, 0.25) is 0 Å². The Morgan fingerprint density at radius 3 is 2.45 bits per heavy atom. The Morgan fingerprint density at radius 1 is 1.40 bits per heavy atom. The van der Waals surface area contributed by atoms with Gasteiger partial charge in [0.05, 0.1) is 0 Å². The summed E-state index contributed by atoms with van der Waals surface area (Å²) in [6, 6.07) is 3.32. The third-order valence-corrected chi connectivity index (χ3v) is 2.84. The maximum atomic E-state index is 12.1. The Morgan fingerprint density at radius 2 is 2.05 bits per heavy atom. The first-order valence-electron chi connectivity index (χ1n) is 6.41. The normalized spacial score (nSPS) is 12.4. The van der Waals surface area contributed by atoms with Crippen molar-refractivity contribution in [1.29, 1.82) is 0 Å². The van der Waals surface area contributed by atoms with Gasteiger partial charge in [-0.15, -0.1) is 22.5 Å². The number of carbonyl (C=O) groups excluding carboxylic acids is 1. The van der Waals surface area contributed by atoms with Crippen molar-refractivity contribution >= 4 is 11.8 Å². The summed E-state index contributed by atoms with van der Waals surface area (Å²) in [5.74, 6) is 2.71. The van der Waals surface area contributed by atoms with Crippen molar-refractivity contribution in [2.45, 2.75) is 33.3 Å². The molecule has 0 radical (unpaired) electrons. The summed E-state index contributed by atoms with van der Waals surface area (Å²) >= 11 is 0. The number of terminal acetylenes is 1. The topological polar surface area (TPSA) is 55.3 Å². The molecule has 1 heterocycles. The molecule has 0 spiro atoms. The molecule has 1 aromatic rings. The minimum absolute atomic E-state index is 0.182. The second-order valence-corrected chi connectivity index (χ2v) is 5.84. The van der Waals surface area contributed by atoms with Gasteiger partial charge in [0, 0.05) is 20.5 Å². The lowest BCUT2D eigenvalue weighted by Crippen LogP contribution is -2.31. The number of hydrogen-bond acceptors (Lipinski definition) is 5.